The van der Waals surface area contributed by atoms with Gasteiger partial charge < -0.3 is 0 Å². The number of para-hydroxylation sites is 2. The number of aryl methyl sites for hydroxylation is 1. The van der Waals surface area contributed by atoms with Gasteiger partial charge in [-0.05, 0) is 49.2 Å². The third-order valence-electron chi connectivity index (χ3n) is 3.75. The van der Waals surface area contributed by atoms with Gasteiger partial charge in [-0.15, -0.1) is 0 Å². The molecule has 4 nitrogen and oxygen atoms in total. The van der Waals surface area contributed by atoms with Gasteiger partial charge in [0.05, 0.1) is 17.1 Å². The van der Waals surface area contributed by atoms with Crippen molar-refractivity contribution in [3.63, 3.8) is 0 Å². The van der Waals surface area contributed by atoms with E-state index >= 15 is 0 Å². The van der Waals surface area contributed by atoms with E-state index < -0.39 is 10.2 Å². The van der Waals surface area contributed by atoms with E-state index in [4.69, 9.17) is 11.6 Å². The van der Waals surface area contributed by atoms with Crippen LogP contribution in [0, 0.1) is 6.92 Å². The Morgan fingerprint density at radius 1 is 1.09 bits per heavy atom. The van der Waals surface area contributed by atoms with Gasteiger partial charge in [0, 0.05) is 16.9 Å². The molecule has 122 valence electrons. The maximum Gasteiger partial charge on any atom is 0.330 e. The van der Waals surface area contributed by atoms with E-state index in [2.05, 4.69) is 15.9 Å². The van der Waals surface area contributed by atoms with Gasteiger partial charge >= 0.3 is 10.2 Å². The molecule has 1 aliphatic rings. The quantitative estimate of drug-likeness (QED) is 0.683. The fourth-order valence-corrected chi connectivity index (χ4v) is 5.03. The molecular formula is C16H16BrClN2O2S. The highest BCUT2D eigenvalue weighted by Gasteiger charge is 2.41. The second-order valence-corrected chi connectivity index (χ2v) is 8.24. The lowest BCUT2D eigenvalue weighted by molar-refractivity contribution is 0.593. The number of nitrogens with zero attached hydrogens (tertiary/aromatic N) is 2. The van der Waals surface area contributed by atoms with Gasteiger partial charge in [-0.25, -0.2) is 4.31 Å². The first-order valence-electron chi connectivity index (χ1n) is 7.21. The zero-order chi connectivity index (χ0) is 16.6. The van der Waals surface area contributed by atoms with Gasteiger partial charge in [0.25, 0.3) is 0 Å². The van der Waals surface area contributed by atoms with Crippen LogP contribution >= 0.6 is 27.5 Å². The summed E-state index contributed by atoms with van der Waals surface area (Å²) in [5.74, 6) is 0. The van der Waals surface area contributed by atoms with E-state index in [0.717, 1.165) is 17.3 Å². The van der Waals surface area contributed by atoms with Gasteiger partial charge in [0.1, 0.15) is 0 Å². The Morgan fingerprint density at radius 3 is 2.43 bits per heavy atom. The van der Waals surface area contributed by atoms with Gasteiger partial charge in [-0.1, -0.05) is 39.7 Å². The summed E-state index contributed by atoms with van der Waals surface area (Å²) in [6.07, 6.45) is 0.737. The summed E-state index contributed by atoms with van der Waals surface area (Å²) in [5.41, 5.74) is 2.83. The second kappa shape index (κ2) is 6.34. The lowest BCUT2D eigenvalue weighted by atomic mass is 10.2. The van der Waals surface area contributed by atoms with Crippen molar-refractivity contribution in [3.05, 3.63) is 53.1 Å². The van der Waals surface area contributed by atoms with Crippen LogP contribution < -0.4 is 8.61 Å². The van der Waals surface area contributed by atoms with Gasteiger partial charge in [0.2, 0.25) is 0 Å². The van der Waals surface area contributed by atoms with E-state index in [0.29, 0.717) is 28.6 Å². The number of rotatable bonds is 4. The predicted molar refractivity (Wildman–Crippen MR) is 99.4 cm³/mol. The lowest BCUT2D eigenvalue weighted by Crippen LogP contribution is -2.36. The van der Waals surface area contributed by atoms with Crippen molar-refractivity contribution >= 4 is 54.8 Å². The van der Waals surface area contributed by atoms with Gasteiger partial charge in [-0.2, -0.15) is 8.42 Å². The molecule has 0 spiro atoms. The topological polar surface area (TPSA) is 40.6 Å². The summed E-state index contributed by atoms with van der Waals surface area (Å²) in [7, 11) is -3.64. The molecule has 2 aromatic carbocycles. The zero-order valence-corrected chi connectivity index (χ0v) is 15.7. The molecule has 7 heteroatoms. The number of halogens is 2. The summed E-state index contributed by atoms with van der Waals surface area (Å²) >= 11 is 9.37. The lowest BCUT2D eigenvalue weighted by Gasteiger charge is -2.23. The van der Waals surface area contributed by atoms with Gasteiger partial charge in [0.15, 0.2) is 0 Å². The summed E-state index contributed by atoms with van der Waals surface area (Å²) in [5, 5.41) is 1.34. The Kier molecular flexibility index (Phi) is 4.58. The first-order chi connectivity index (χ1) is 11.0. The number of benzene rings is 2. The maximum absolute atomic E-state index is 13.1. The number of hydrogen-bond donors (Lipinski definition) is 0. The molecule has 0 bridgehead atoms. The molecule has 1 heterocycles. The third-order valence-corrected chi connectivity index (χ3v) is 6.34. The van der Waals surface area contributed by atoms with Crippen LogP contribution in [0.4, 0.5) is 17.1 Å². The van der Waals surface area contributed by atoms with Crippen molar-refractivity contribution < 1.29 is 8.42 Å². The average Bonchev–Trinajstić information content (AvgIpc) is 2.72. The molecule has 0 fully saturated rings. The Morgan fingerprint density at radius 2 is 1.78 bits per heavy atom. The van der Waals surface area contributed by atoms with Crippen molar-refractivity contribution in [2.24, 2.45) is 0 Å². The smallest absolute Gasteiger partial charge is 0.251 e. The Hall–Kier alpha value is -1.24. The molecule has 0 aliphatic carbocycles. The van der Waals surface area contributed by atoms with E-state index in [1.807, 2.05) is 31.2 Å². The van der Waals surface area contributed by atoms with Crippen LogP contribution in [-0.2, 0) is 10.2 Å². The molecule has 2 aromatic rings. The minimum Gasteiger partial charge on any atom is -0.251 e. The highest BCUT2D eigenvalue weighted by molar-refractivity contribution is 9.09. The molecule has 0 atom stereocenters. The monoisotopic (exact) mass is 414 g/mol. The molecule has 0 unspecified atom stereocenters. The fourth-order valence-electron chi connectivity index (χ4n) is 2.73. The van der Waals surface area contributed by atoms with Crippen LogP contribution in [0.25, 0.3) is 0 Å². The number of anilines is 3. The van der Waals surface area contributed by atoms with Crippen molar-refractivity contribution in [3.8, 4) is 0 Å². The van der Waals surface area contributed by atoms with Crippen LogP contribution in [0.3, 0.4) is 0 Å². The van der Waals surface area contributed by atoms with E-state index in [1.54, 1.807) is 18.2 Å². The standard InChI is InChI=1S/C16H16BrClN2O2S/c1-12-11-13(18)7-8-14(12)20-16-6-3-2-5-15(16)19(10-4-9-17)23(20,21)22/h2-3,5-8,11H,4,9-10H2,1H3. The Balaban J connectivity index is 2.17. The molecule has 0 radical (unpaired) electrons. The van der Waals surface area contributed by atoms with Crippen molar-refractivity contribution in [2.45, 2.75) is 13.3 Å². The van der Waals surface area contributed by atoms with Crippen molar-refractivity contribution in [1.82, 2.24) is 0 Å². The normalized spacial score (nSPS) is 15.8. The van der Waals surface area contributed by atoms with Crippen LogP contribution in [0.1, 0.15) is 12.0 Å². The molecule has 0 saturated heterocycles. The molecule has 0 N–H and O–H groups in total. The molecule has 0 amide bonds. The molecular weight excluding hydrogens is 400 g/mol. The van der Waals surface area contributed by atoms with E-state index in [9.17, 15) is 8.42 Å². The molecule has 23 heavy (non-hydrogen) atoms. The Labute approximate surface area is 150 Å². The fraction of sp³-hybridized carbons (Fsp3) is 0.250. The van der Waals surface area contributed by atoms with Crippen LogP contribution in [-0.4, -0.2) is 20.3 Å². The predicted octanol–water partition coefficient (Wildman–Crippen LogP) is 4.64. The van der Waals surface area contributed by atoms with Gasteiger partial charge in [-0.3, -0.25) is 4.31 Å². The van der Waals surface area contributed by atoms with Crippen LogP contribution in [0.2, 0.25) is 5.02 Å². The van der Waals surface area contributed by atoms with E-state index in [1.165, 1.54) is 8.61 Å². The first-order valence-corrected chi connectivity index (χ1v) is 10.1. The van der Waals surface area contributed by atoms with Crippen molar-refractivity contribution in [2.75, 3.05) is 20.5 Å². The zero-order valence-electron chi connectivity index (χ0n) is 12.5. The van der Waals surface area contributed by atoms with Crippen LogP contribution in [0.5, 0.6) is 0 Å². The third kappa shape index (κ3) is 2.84. The summed E-state index contributed by atoms with van der Waals surface area (Å²) in [6, 6.07) is 12.6. The largest absolute Gasteiger partial charge is 0.330 e. The minimum absolute atomic E-state index is 0.438. The molecule has 0 saturated carbocycles. The summed E-state index contributed by atoms with van der Waals surface area (Å²) in [6.45, 7) is 2.30. The maximum atomic E-state index is 13.1. The number of fused-ring (bicyclic) bond motifs is 1. The second-order valence-electron chi connectivity index (χ2n) is 5.31. The number of alkyl halides is 1. The van der Waals surface area contributed by atoms with E-state index in [-0.39, 0.29) is 0 Å². The highest BCUT2D eigenvalue weighted by Crippen LogP contribution is 2.46. The highest BCUT2D eigenvalue weighted by atomic mass is 79.9. The molecule has 0 aromatic heterocycles. The van der Waals surface area contributed by atoms with Crippen LogP contribution in [0.15, 0.2) is 42.5 Å². The first kappa shape index (κ1) is 16.6. The minimum atomic E-state index is -3.64. The number of hydrogen-bond acceptors (Lipinski definition) is 2. The summed E-state index contributed by atoms with van der Waals surface area (Å²) < 4.78 is 29.1. The Bertz CT molecular complexity index is 842. The molecule has 3 rings (SSSR count). The summed E-state index contributed by atoms with van der Waals surface area (Å²) in [4.78, 5) is 0. The van der Waals surface area contributed by atoms with Crippen molar-refractivity contribution in [1.29, 1.82) is 0 Å². The average molecular weight is 416 g/mol. The molecule has 1 aliphatic heterocycles. The SMILES string of the molecule is Cc1cc(Cl)ccc1N1c2ccccc2N(CCCBr)S1(=O)=O.